The summed E-state index contributed by atoms with van der Waals surface area (Å²) in [6.07, 6.45) is 28.9. The molecule has 0 aromatic carbocycles. The number of unbranched alkanes of at least 4 members (excludes halogenated alkanes) is 8. The van der Waals surface area contributed by atoms with E-state index in [1.807, 2.05) is 6.08 Å². The van der Waals surface area contributed by atoms with Crippen molar-refractivity contribution in [3.8, 4) is 0 Å². The van der Waals surface area contributed by atoms with Gasteiger partial charge in [0.15, 0.2) is 0 Å². The Morgan fingerprint density at radius 3 is 2.03 bits per heavy atom. The molecule has 1 saturated carbocycles. The highest BCUT2D eigenvalue weighted by Gasteiger charge is 2.29. The molecule has 0 aromatic heterocycles. The molecule has 30 heavy (non-hydrogen) atoms. The zero-order valence-electron chi connectivity index (χ0n) is 20.8. The molecule has 0 aromatic rings. The van der Waals surface area contributed by atoms with Crippen molar-refractivity contribution < 1.29 is 4.79 Å². The zero-order chi connectivity index (χ0) is 21.9. The lowest BCUT2D eigenvalue weighted by Gasteiger charge is -2.37. The Labute approximate surface area is 189 Å². The molecule has 4 unspecified atom stereocenters. The highest BCUT2D eigenvalue weighted by atomic mass is 16.1. The second kappa shape index (κ2) is 19.1. The third-order valence-electron chi connectivity index (χ3n) is 7.63. The van der Waals surface area contributed by atoms with Gasteiger partial charge in [0.1, 0.15) is 0 Å². The number of hydrogen-bond acceptors (Lipinski definition) is 2. The largest absolute Gasteiger partial charge is 0.235 e. The van der Waals surface area contributed by atoms with Crippen molar-refractivity contribution in [2.45, 2.75) is 155 Å². The molecule has 0 saturated heterocycles. The van der Waals surface area contributed by atoms with E-state index in [4.69, 9.17) is 0 Å². The van der Waals surface area contributed by atoms with Crippen molar-refractivity contribution >= 4 is 6.08 Å². The van der Waals surface area contributed by atoms with Crippen molar-refractivity contribution in [2.75, 3.05) is 0 Å². The van der Waals surface area contributed by atoms with Crippen LogP contribution in [0.4, 0.5) is 0 Å². The van der Waals surface area contributed by atoms with Crippen LogP contribution in [0.2, 0.25) is 0 Å². The molecule has 1 rings (SSSR count). The van der Waals surface area contributed by atoms with E-state index in [1.165, 1.54) is 116 Å². The molecule has 1 aliphatic rings. The van der Waals surface area contributed by atoms with E-state index in [0.29, 0.717) is 0 Å². The number of aliphatic imine (C=N–C) groups is 1. The zero-order valence-corrected chi connectivity index (χ0v) is 20.8. The normalized spacial score (nSPS) is 22.6. The number of carbonyl (C=O) groups excluding carboxylic acids is 1. The molecule has 4 atom stereocenters. The second-order valence-electron chi connectivity index (χ2n) is 10.2. The Hall–Kier alpha value is -0.620. The van der Waals surface area contributed by atoms with Crippen LogP contribution < -0.4 is 0 Å². The lowest BCUT2D eigenvalue weighted by atomic mass is 9.69. The Balaban J connectivity index is 2.41. The first-order valence-corrected chi connectivity index (χ1v) is 13.8. The van der Waals surface area contributed by atoms with E-state index in [1.54, 1.807) is 0 Å². The summed E-state index contributed by atoms with van der Waals surface area (Å²) in [4.78, 5) is 14.9. The van der Waals surface area contributed by atoms with E-state index in [0.717, 1.165) is 30.6 Å². The standard InChI is InChI=1S/C28H53NO/c1-4-7-10-11-14-18-27-23-25(21-22-26(27)17-12-8-5-2)16-15-20-28(29-24-30)19-13-9-6-3/h25-28H,4-23H2,1-3H3. The van der Waals surface area contributed by atoms with Gasteiger partial charge in [0, 0.05) is 0 Å². The maximum Gasteiger partial charge on any atom is 0.235 e. The van der Waals surface area contributed by atoms with Crippen molar-refractivity contribution in [1.29, 1.82) is 0 Å². The van der Waals surface area contributed by atoms with Crippen LogP contribution in [-0.4, -0.2) is 12.1 Å². The lowest BCUT2D eigenvalue weighted by molar-refractivity contribution is 0.147. The summed E-state index contributed by atoms with van der Waals surface area (Å²) >= 11 is 0. The predicted octanol–water partition coefficient (Wildman–Crippen LogP) is 9.41. The van der Waals surface area contributed by atoms with Crippen molar-refractivity contribution in [3.63, 3.8) is 0 Å². The molecule has 0 spiro atoms. The predicted molar refractivity (Wildman–Crippen MR) is 132 cm³/mol. The van der Waals surface area contributed by atoms with E-state index in [-0.39, 0.29) is 6.04 Å². The number of nitrogens with zero attached hydrogens (tertiary/aromatic N) is 1. The molecule has 1 aliphatic carbocycles. The molecular formula is C28H53NO. The van der Waals surface area contributed by atoms with Crippen LogP contribution >= 0.6 is 0 Å². The lowest BCUT2D eigenvalue weighted by Crippen LogP contribution is -2.25. The van der Waals surface area contributed by atoms with E-state index in [2.05, 4.69) is 25.8 Å². The first-order chi connectivity index (χ1) is 14.7. The summed E-state index contributed by atoms with van der Waals surface area (Å²) < 4.78 is 0. The molecule has 0 N–H and O–H groups in total. The van der Waals surface area contributed by atoms with Gasteiger partial charge < -0.3 is 0 Å². The number of rotatable bonds is 19. The minimum Gasteiger partial charge on any atom is -0.211 e. The van der Waals surface area contributed by atoms with Gasteiger partial charge in [-0.1, -0.05) is 124 Å². The van der Waals surface area contributed by atoms with Crippen LogP contribution in [0.3, 0.4) is 0 Å². The van der Waals surface area contributed by atoms with Gasteiger partial charge in [-0.15, -0.1) is 0 Å². The summed E-state index contributed by atoms with van der Waals surface area (Å²) in [7, 11) is 0. The van der Waals surface area contributed by atoms with Crippen LogP contribution in [0.1, 0.15) is 149 Å². The van der Waals surface area contributed by atoms with E-state index >= 15 is 0 Å². The molecule has 2 heteroatoms. The van der Waals surface area contributed by atoms with Crippen molar-refractivity contribution in [2.24, 2.45) is 22.7 Å². The van der Waals surface area contributed by atoms with Crippen LogP contribution in [0, 0.1) is 17.8 Å². The van der Waals surface area contributed by atoms with Crippen LogP contribution in [-0.2, 0) is 4.79 Å². The maximum atomic E-state index is 10.8. The molecular weight excluding hydrogens is 366 g/mol. The molecule has 0 amide bonds. The molecule has 0 aliphatic heterocycles. The average Bonchev–Trinajstić information content (AvgIpc) is 2.75. The first kappa shape index (κ1) is 27.4. The van der Waals surface area contributed by atoms with Crippen molar-refractivity contribution in [1.82, 2.24) is 0 Å². The summed E-state index contributed by atoms with van der Waals surface area (Å²) in [5.74, 6) is 2.90. The van der Waals surface area contributed by atoms with Gasteiger partial charge in [-0.05, 0) is 43.4 Å². The fourth-order valence-corrected chi connectivity index (χ4v) is 5.71. The van der Waals surface area contributed by atoms with Crippen LogP contribution in [0.15, 0.2) is 4.99 Å². The van der Waals surface area contributed by atoms with Crippen LogP contribution in [0.25, 0.3) is 0 Å². The minimum absolute atomic E-state index is 0.230. The minimum atomic E-state index is 0.230. The third kappa shape index (κ3) is 12.9. The van der Waals surface area contributed by atoms with Gasteiger partial charge in [0.05, 0.1) is 6.04 Å². The molecule has 0 bridgehead atoms. The molecule has 2 nitrogen and oxygen atoms in total. The summed E-state index contributed by atoms with van der Waals surface area (Å²) in [5.41, 5.74) is 0. The molecule has 0 radical (unpaired) electrons. The van der Waals surface area contributed by atoms with Gasteiger partial charge in [0.2, 0.25) is 6.08 Å². The molecule has 176 valence electrons. The van der Waals surface area contributed by atoms with E-state index in [9.17, 15) is 4.79 Å². The SMILES string of the molecule is CCCCCCCC1CC(CCCC(CCCCC)N=C=O)CCC1CCCCC. The smallest absolute Gasteiger partial charge is 0.211 e. The van der Waals surface area contributed by atoms with Gasteiger partial charge >= 0.3 is 0 Å². The highest BCUT2D eigenvalue weighted by molar-refractivity contribution is 5.33. The average molecular weight is 420 g/mol. The number of isocyanates is 1. The fourth-order valence-electron chi connectivity index (χ4n) is 5.71. The van der Waals surface area contributed by atoms with Gasteiger partial charge in [-0.3, -0.25) is 0 Å². The summed E-state index contributed by atoms with van der Waals surface area (Å²) in [6, 6.07) is 0.230. The van der Waals surface area contributed by atoms with Gasteiger partial charge in [-0.2, -0.15) is 0 Å². The summed E-state index contributed by atoms with van der Waals surface area (Å²) in [6.45, 7) is 6.87. The summed E-state index contributed by atoms with van der Waals surface area (Å²) in [5, 5.41) is 0. The van der Waals surface area contributed by atoms with Crippen molar-refractivity contribution in [3.05, 3.63) is 0 Å². The van der Waals surface area contributed by atoms with E-state index < -0.39 is 0 Å². The topological polar surface area (TPSA) is 29.4 Å². The quantitative estimate of drug-likeness (QED) is 0.116. The Kier molecular flexibility index (Phi) is 17.4. The fraction of sp³-hybridized carbons (Fsp3) is 0.964. The second-order valence-corrected chi connectivity index (χ2v) is 10.2. The first-order valence-electron chi connectivity index (χ1n) is 13.8. The maximum absolute atomic E-state index is 10.8. The number of hydrogen-bond donors (Lipinski definition) is 0. The third-order valence-corrected chi connectivity index (χ3v) is 7.63. The molecule has 0 heterocycles. The Bertz CT molecular complexity index is 428. The monoisotopic (exact) mass is 419 g/mol. The Morgan fingerprint density at radius 2 is 1.30 bits per heavy atom. The van der Waals surface area contributed by atoms with Crippen LogP contribution in [0.5, 0.6) is 0 Å². The Morgan fingerprint density at radius 1 is 0.700 bits per heavy atom. The van der Waals surface area contributed by atoms with Gasteiger partial charge in [0.25, 0.3) is 0 Å². The molecule has 1 fully saturated rings. The highest BCUT2D eigenvalue weighted by Crippen LogP contribution is 2.41. The van der Waals surface area contributed by atoms with Gasteiger partial charge in [-0.25, -0.2) is 9.79 Å².